The topological polar surface area (TPSA) is 69.0 Å². The minimum absolute atomic E-state index is 0.438. The summed E-state index contributed by atoms with van der Waals surface area (Å²) in [6, 6.07) is 20.8. The number of carbonyl (C=O) groups excluding carboxylic acids is 1. The second-order valence-electron chi connectivity index (χ2n) is 8.38. The van der Waals surface area contributed by atoms with Gasteiger partial charge in [-0.05, 0) is 49.2 Å². The van der Waals surface area contributed by atoms with Crippen LogP contribution in [0.25, 0.3) is 11.3 Å². The minimum atomic E-state index is -0.486. The smallest absolute Gasteiger partial charge is 0.274 e. The first-order chi connectivity index (χ1) is 15.0. The lowest BCUT2D eigenvalue weighted by Gasteiger charge is -2.44. The first-order valence-corrected chi connectivity index (χ1v) is 10.7. The Morgan fingerprint density at radius 1 is 0.968 bits per heavy atom. The van der Waals surface area contributed by atoms with Crippen LogP contribution in [0.4, 0.5) is 0 Å². The Balaban J connectivity index is 1.35. The fraction of sp³-hybridized carbons (Fsp3) is 0.320. The van der Waals surface area contributed by atoms with Gasteiger partial charge in [-0.15, -0.1) is 0 Å². The van der Waals surface area contributed by atoms with E-state index in [-0.39, 0.29) is 0 Å². The van der Waals surface area contributed by atoms with Crippen molar-refractivity contribution >= 4 is 5.91 Å². The normalized spacial score (nSPS) is 20.0. The molecule has 1 aliphatic heterocycles. The fourth-order valence-corrected chi connectivity index (χ4v) is 4.42. The van der Waals surface area contributed by atoms with E-state index in [0.29, 0.717) is 17.6 Å². The van der Waals surface area contributed by atoms with Crippen LogP contribution in [0.2, 0.25) is 0 Å². The van der Waals surface area contributed by atoms with Gasteiger partial charge in [0.25, 0.3) is 5.91 Å². The van der Waals surface area contributed by atoms with Crippen molar-refractivity contribution in [2.75, 3.05) is 13.1 Å². The van der Waals surface area contributed by atoms with Gasteiger partial charge in [-0.2, -0.15) is 0 Å². The maximum absolute atomic E-state index is 11.5. The first kappa shape index (κ1) is 21.3. The lowest BCUT2D eigenvalue weighted by Crippen LogP contribution is -2.55. The maximum Gasteiger partial charge on any atom is 0.274 e. The van der Waals surface area contributed by atoms with Crippen molar-refractivity contribution in [2.45, 2.75) is 39.0 Å². The molecule has 6 heteroatoms. The van der Waals surface area contributed by atoms with Crippen LogP contribution in [0.1, 0.15) is 35.3 Å². The van der Waals surface area contributed by atoms with Crippen LogP contribution >= 0.6 is 0 Å². The molecule has 3 aromatic rings. The predicted octanol–water partition coefficient (Wildman–Crippen LogP) is 4.16. The molecule has 1 aliphatic rings. The van der Waals surface area contributed by atoms with Crippen LogP contribution in [0.5, 0.6) is 0 Å². The Kier molecular flexibility index (Phi) is 6.51. The monoisotopic (exact) mass is 419 g/mol. The Morgan fingerprint density at radius 2 is 1.58 bits per heavy atom. The van der Waals surface area contributed by atoms with Crippen molar-refractivity contribution in [3.8, 4) is 11.3 Å². The molecule has 2 N–H and O–H groups in total. The predicted molar refractivity (Wildman–Crippen MR) is 120 cm³/mol. The van der Waals surface area contributed by atoms with E-state index in [4.69, 9.17) is 9.62 Å². The summed E-state index contributed by atoms with van der Waals surface area (Å²) in [4.78, 5) is 16.5. The highest BCUT2D eigenvalue weighted by molar-refractivity contribution is 5.93. The van der Waals surface area contributed by atoms with E-state index in [1.54, 1.807) is 23.9 Å². The zero-order valence-corrected chi connectivity index (χ0v) is 18.0. The van der Waals surface area contributed by atoms with Gasteiger partial charge >= 0.3 is 0 Å². The Hall–Kier alpha value is -2.93. The van der Waals surface area contributed by atoms with Crippen molar-refractivity contribution in [1.29, 1.82) is 0 Å². The van der Waals surface area contributed by atoms with E-state index in [1.807, 2.05) is 24.3 Å². The molecule has 162 valence electrons. The summed E-state index contributed by atoms with van der Waals surface area (Å²) in [5.41, 5.74) is 5.69. The molecule has 1 aromatic heterocycles. The van der Waals surface area contributed by atoms with Crippen LogP contribution < -0.4 is 5.48 Å². The fourth-order valence-electron chi connectivity index (χ4n) is 4.42. The quantitative estimate of drug-likeness (QED) is 0.464. The van der Waals surface area contributed by atoms with Crippen molar-refractivity contribution in [3.05, 3.63) is 83.6 Å². The van der Waals surface area contributed by atoms with Gasteiger partial charge in [-0.3, -0.25) is 19.8 Å². The third-order valence-electron chi connectivity index (χ3n) is 6.03. The molecule has 1 fully saturated rings. The first-order valence-electron chi connectivity index (χ1n) is 10.7. The van der Waals surface area contributed by atoms with Gasteiger partial charge in [0.05, 0.1) is 6.26 Å². The van der Waals surface area contributed by atoms with Crippen LogP contribution in [-0.2, 0) is 13.1 Å². The standard InChI is InChI=1S/C25H29N3O3/c1-18-14-27(16-20-7-11-23(12-8-20)25(29)26-30)15-19(2)28(18)17-21-5-9-22(10-6-21)24-4-3-13-31-24/h3-13,18-19,30H,14-17H2,1-2H3,(H,26,29)/t18-,19+. The lowest BCUT2D eigenvalue weighted by molar-refractivity contribution is 0.0290. The molecule has 2 atom stereocenters. The highest BCUT2D eigenvalue weighted by Gasteiger charge is 2.29. The number of carbonyl (C=O) groups is 1. The molecule has 0 bridgehead atoms. The molecule has 0 radical (unpaired) electrons. The molecule has 0 spiro atoms. The highest BCUT2D eigenvalue weighted by atomic mass is 16.5. The summed E-state index contributed by atoms with van der Waals surface area (Å²) >= 11 is 0. The van der Waals surface area contributed by atoms with E-state index in [0.717, 1.165) is 43.1 Å². The second-order valence-corrected chi connectivity index (χ2v) is 8.38. The number of rotatable bonds is 6. The molecular formula is C25H29N3O3. The number of furan rings is 1. The number of nitrogens with zero attached hydrogens (tertiary/aromatic N) is 2. The lowest BCUT2D eigenvalue weighted by atomic mass is 10.0. The molecule has 1 saturated heterocycles. The zero-order chi connectivity index (χ0) is 21.8. The number of hydrogen-bond acceptors (Lipinski definition) is 5. The summed E-state index contributed by atoms with van der Waals surface area (Å²) in [6.07, 6.45) is 1.70. The number of nitrogens with one attached hydrogen (secondary N) is 1. The average molecular weight is 420 g/mol. The van der Waals surface area contributed by atoms with Crippen LogP contribution in [0.3, 0.4) is 0 Å². The largest absolute Gasteiger partial charge is 0.464 e. The van der Waals surface area contributed by atoms with E-state index < -0.39 is 5.91 Å². The van der Waals surface area contributed by atoms with Crippen LogP contribution in [0.15, 0.2) is 71.3 Å². The molecular weight excluding hydrogens is 390 g/mol. The van der Waals surface area contributed by atoms with Crippen molar-refractivity contribution in [2.24, 2.45) is 0 Å². The molecule has 31 heavy (non-hydrogen) atoms. The van der Waals surface area contributed by atoms with Gasteiger partial charge < -0.3 is 4.42 Å². The Morgan fingerprint density at radius 3 is 2.16 bits per heavy atom. The van der Waals surface area contributed by atoms with Crippen molar-refractivity contribution < 1.29 is 14.4 Å². The zero-order valence-electron chi connectivity index (χ0n) is 18.0. The Bertz CT molecular complexity index is 972. The second kappa shape index (κ2) is 9.47. The number of hydroxylamine groups is 1. The summed E-state index contributed by atoms with van der Waals surface area (Å²) in [5.74, 6) is 0.409. The van der Waals surface area contributed by atoms with Gasteiger partial charge in [0.1, 0.15) is 5.76 Å². The van der Waals surface area contributed by atoms with Gasteiger partial charge in [0.15, 0.2) is 0 Å². The van der Waals surface area contributed by atoms with Gasteiger partial charge in [-0.25, -0.2) is 5.48 Å². The molecule has 1 amide bonds. The SMILES string of the molecule is C[C@@H]1CN(Cc2ccc(C(=O)NO)cc2)C[C@H](C)N1Cc1ccc(-c2ccco2)cc1. The summed E-state index contributed by atoms with van der Waals surface area (Å²) in [6.45, 7) is 8.34. The molecule has 6 nitrogen and oxygen atoms in total. The van der Waals surface area contributed by atoms with Crippen LogP contribution in [-0.4, -0.2) is 46.1 Å². The maximum atomic E-state index is 11.5. The minimum Gasteiger partial charge on any atom is -0.464 e. The van der Waals surface area contributed by atoms with Gasteiger partial charge in [-0.1, -0.05) is 36.4 Å². The third-order valence-corrected chi connectivity index (χ3v) is 6.03. The summed E-state index contributed by atoms with van der Waals surface area (Å²) in [5, 5.41) is 8.75. The molecule has 2 aromatic carbocycles. The van der Waals surface area contributed by atoms with E-state index >= 15 is 0 Å². The molecule has 0 aliphatic carbocycles. The van der Waals surface area contributed by atoms with E-state index in [1.165, 1.54) is 5.56 Å². The molecule has 0 saturated carbocycles. The van der Waals surface area contributed by atoms with Crippen LogP contribution in [0, 0.1) is 0 Å². The Labute approximate surface area is 183 Å². The number of piperazine rings is 1. The average Bonchev–Trinajstić information content (AvgIpc) is 3.32. The van der Waals surface area contributed by atoms with Crippen molar-refractivity contribution in [3.63, 3.8) is 0 Å². The van der Waals surface area contributed by atoms with E-state index in [9.17, 15) is 4.79 Å². The van der Waals surface area contributed by atoms with E-state index in [2.05, 4.69) is 47.9 Å². The third kappa shape index (κ3) is 5.05. The summed E-state index contributed by atoms with van der Waals surface area (Å²) in [7, 11) is 0. The van der Waals surface area contributed by atoms with Gasteiger partial charge in [0, 0.05) is 49.4 Å². The molecule has 4 rings (SSSR count). The highest BCUT2D eigenvalue weighted by Crippen LogP contribution is 2.24. The number of hydrogen-bond donors (Lipinski definition) is 2. The van der Waals surface area contributed by atoms with Crippen molar-refractivity contribution in [1.82, 2.24) is 15.3 Å². The van der Waals surface area contributed by atoms with Gasteiger partial charge in [0.2, 0.25) is 0 Å². The molecule has 2 heterocycles. The number of amides is 1. The number of benzene rings is 2. The summed E-state index contributed by atoms with van der Waals surface area (Å²) < 4.78 is 5.48. The molecule has 0 unspecified atom stereocenters.